The number of nitro groups is 1. The molecule has 2 aliphatic rings. The summed E-state index contributed by atoms with van der Waals surface area (Å²) in [7, 11) is 1.72. The molecule has 1 aromatic heterocycles. The Balaban J connectivity index is 1.69. The third-order valence-electron chi connectivity index (χ3n) is 4.25. The summed E-state index contributed by atoms with van der Waals surface area (Å²) in [4.78, 5) is 14.9. The fourth-order valence-corrected chi connectivity index (χ4v) is 2.83. The summed E-state index contributed by atoms with van der Waals surface area (Å²) in [6, 6.07) is 2.96. The quantitative estimate of drug-likeness (QED) is 0.591. The zero-order valence-corrected chi connectivity index (χ0v) is 11.6. The van der Waals surface area contributed by atoms with Crippen molar-refractivity contribution in [3.05, 3.63) is 22.2 Å². The SMILES string of the molecule is CNc1cc([N+](=O)[O-])cc(NCC(C2CC2)C2CC2)n1. The van der Waals surface area contributed by atoms with Gasteiger partial charge in [-0.3, -0.25) is 10.1 Å². The zero-order chi connectivity index (χ0) is 14.1. The van der Waals surface area contributed by atoms with Gasteiger partial charge >= 0.3 is 0 Å². The van der Waals surface area contributed by atoms with Crippen molar-refractivity contribution >= 4 is 17.3 Å². The topological polar surface area (TPSA) is 80.1 Å². The lowest BCUT2D eigenvalue weighted by molar-refractivity contribution is -0.384. The van der Waals surface area contributed by atoms with Gasteiger partial charge in [0.15, 0.2) is 0 Å². The first-order chi connectivity index (χ1) is 9.67. The lowest BCUT2D eigenvalue weighted by Crippen LogP contribution is -2.19. The molecule has 0 aliphatic heterocycles. The van der Waals surface area contributed by atoms with Crippen molar-refractivity contribution in [1.29, 1.82) is 0 Å². The van der Waals surface area contributed by atoms with E-state index in [1.807, 2.05) is 0 Å². The third-order valence-corrected chi connectivity index (χ3v) is 4.25. The number of nitrogens with zero attached hydrogens (tertiary/aromatic N) is 2. The molecule has 0 aromatic carbocycles. The summed E-state index contributed by atoms with van der Waals surface area (Å²) in [6.07, 6.45) is 5.36. The highest BCUT2D eigenvalue weighted by Gasteiger charge is 2.41. The molecule has 2 N–H and O–H groups in total. The lowest BCUT2D eigenvalue weighted by Gasteiger charge is -2.16. The molecule has 0 spiro atoms. The average molecular weight is 276 g/mol. The van der Waals surface area contributed by atoms with E-state index in [0.29, 0.717) is 17.6 Å². The van der Waals surface area contributed by atoms with E-state index in [9.17, 15) is 10.1 Å². The number of aromatic nitrogens is 1. The zero-order valence-electron chi connectivity index (χ0n) is 11.6. The maximum atomic E-state index is 10.9. The molecule has 0 amide bonds. The van der Waals surface area contributed by atoms with Gasteiger partial charge in [0.1, 0.15) is 11.6 Å². The van der Waals surface area contributed by atoms with Crippen molar-refractivity contribution in [2.24, 2.45) is 17.8 Å². The van der Waals surface area contributed by atoms with Crippen LogP contribution in [0.3, 0.4) is 0 Å². The molecule has 2 fully saturated rings. The first-order valence-corrected chi connectivity index (χ1v) is 7.25. The van der Waals surface area contributed by atoms with Crippen LogP contribution < -0.4 is 10.6 Å². The molecular weight excluding hydrogens is 256 g/mol. The average Bonchev–Trinajstić information content (AvgIpc) is 3.31. The number of anilines is 2. The molecule has 0 unspecified atom stereocenters. The Kier molecular flexibility index (Phi) is 3.46. The standard InChI is InChI=1S/C14H20N4O2/c1-15-13-6-11(18(19)20)7-14(17-13)16-8-12(9-2-3-9)10-4-5-10/h6-7,9-10,12H,2-5,8H2,1H3,(H2,15,16,17). The fraction of sp³-hybridized carbons (Fsp3) is 0.643. The Bertz CT molecular complexity index is 500. The van der Waals surface area contributed by atoms with E-state index in [2.05, 4.69) is 15.6 Å². The van der Waals surface area contributed by atoms with E-state index >= 15 is 0 Å². The van der Waals surface area contributed by atoms with E-state index < -0.39 is 0 Å². The van der Waals surface area contributed by atoms with E-state index in [-0.39, 0.29) is 10.6 Å². The Hall–Kier alpha value is -1.85. The van der Waals surface area contributed by atoms with Gasteiger partial charge in [-0.25, -0.2) is 4.98 Å². The van der Waals surface area contributed by atoms with Crippen molar-refractivity contribution in [2.75, 3.05) is 24.2 Å². The molecule has 6 heteroatoms. The van der Waals surface area contributed by atoms with Crippen LogP contribution >= 0.6 is 0 Å². The molecule has 6 nitrogen and oxygen atoms in total. The van der Waals surface area contributed by atoms with Gasteiger partial charge in [0.25, 0.3) is 5.69 Å². The predicted molar refractivity (Wildman–Crippen MR) is 77.9 cm³/mol. The van der Waals surface area contributed by atoms with Crippen LogP contribution in [0.4, 0.5) is 17.3 Å². The molecule has 0 radical (unpaired) electrons. The van der Waals surface area contributed by atoms with Gasteiger partial charge in [-0.2, -0.15) is 0 Å². The van der Waals surface area contributed by atoms with Crippen LogP contribution in [0.2, 0.25) is 0 Å². The fourth-order valence-electron chi connectivity index (χ4n) is 2.83. The number of hydrogen-bond donors (Lipinski definition) is 2. The summed E-state index contributed by atoms with van der Waals surface area (Å²) in [5, 5.41) is 17.1. The van der Waals surface area contributed by atoms with E-state index in [1.165, 1.54) is 37.8 Å². The van der Waals surface area contributed by atoms with Crippen molar-refractivity contribution < 1.29 is 4.92 Å². The van der Waals surface area contributed by atoms with Gasteiger partial charge in [-0.1, -0.05) is 0 Å². The van der Waals surface area contributed by atoms with Crippen LogP contribution in [-0.4, -0.2) is 23.5 Å². The van der Waals surface area contributed by atoms with E-state index in [0.717, 1.165) is 18.4 Å². The number of hydrogen-bond acceptors (Lipinski definition) is 5. The van der Waals surface area contributed by atoms with E-state index in [1.54, 1.807) is 7.05 Å². The highest BCUT2D eigenvalue weighted by Crippen LogP contribution is 2.49. The lowest BCUT2D eigenvalue weighted by atomic mass is 9.98. The van der Waals surface area contributed by atoms with Gasteiger partial charge in [0.2, 0.25) is 0 Å². The summed E-state index contributed by atoms with van der Waals surface area (Å²) < 4.78 is 0. The number of rotatable bonds is 7. The van der Waals surface area contributed by atoms with Gasteiger partial charge in [-0.05, 0) is 43.4 Å². The number of nitrogens with one attached hydrogen (secondary N) is 2. The van der Waals surface area contributed by atoms with Crippen molar-refractivity contribution in [3.63, 3.8) is 0 Å². The largest absolute Gasteiger partial charge is 0.373 e. The van der Waals surface area contributed by atoms with Gasteiger partial charge in [0, 0.05) is 13.6 Å². The van der Waals surface area contributed by atoms with E-state index in [4.69, 9.17) is 0 Å². The van der Waals surface area contributed by atoms with Crippen molar-refractivity contribution in [2.45, 2.75) is 25.7 Å². The minimum Gasteiger partial charge on any atom is -0.373 e. The van der Waals surface area contributed by atoms with Crippen LogP contribution in [0.15, 0.2) is 12.1 Å². The minimum absolute atomic E-state index is 0.0706. The highest BCUT2D eigenvalue weighted by atomic mass is 16.6. The molecule has 1 heterocycles. The van der Waals surface area contributed by atoms with Gasteiger partial charge < -0.3 is 10.6 Å². The Morgan fingerprint density at radius 2 is 1.90 bits per heavy atom. The maximum absolute atomic E-state index is 10.9. The Morgan fingerprint density at radius 1 is 1.30 bits per heavy atom. The maximum Gasteiger partial charge on any atom is 0.276 e. The number of pyridine rings is 1. The second-order valence-electron chi connectivity index (χ2n) is 5.82. The highest BCUT2D eigenvalue weighted by molar-refractivity contribution is 5.54. The molecule has 0 bridgehead atoms. The summed E-state index contributed by atoms with van der Waals surface area (Å²) >= 11 is 0. The first kappa shape index (κ1) is 13.1. The van der Waals surface area contributed by atoms with Crippen LogP contribution in [0.1, 0.15) is 25.7 Å². The molecule has 0 atom stereocenters. The summed E-state index contributed by atoms with van der Waals surface area (Å²) in [5.41, 5.74) is 0.0706. The van der Waals surface area contributed by atoms with Crippen LogP contribution in [0, 0.1) is 27.9 Å². The molecule has 0 saturated heterocycles. The molecule has 3 rings (SSSR count). The Labute approximate surface area is 118 Å². The van der Waals surface area contributed by atoms with Crippen LogP contribution in [0.25, 0.3) is 0 Å². The molecule has 2 aliphatic carbocycles. The summed E-state index contributed by atoms with van der Waals surface area (Å²) in [5.74, 6) is 3.55. The molecule has 2 saturated carbocycles. The first-order valence-electron chi connectivity index (χ1n) is 7.25. The van der Waals surface area contributed by atoms with Crippen LogP contribution in [-0.2, 0) is 0 Å². The monoisotopic (exact) mass is 276 g/mol. The molecule has 108 valence electrons. The second-order valence-corrected chi connectivity index (χ2v) is 5.82. The minimum atomic E-state index is -0.382. The summed E-state index contributed by atoms with van der Waals surface area (Å²) in [6.45, 7) is 0.882. The predicted octanol–water partition coefficient (Wildman–Crippen LogP) is 2.88. The third kappa shape index (κ3) is 3.00. The second kappa shape index (κ2) is 5.26. The molecule has 20 heavy (non-hydrogen) atoms. The molecule has 1 aromatic rings. The molecular formula is C14H20N4O2. The van der Waals surface area contributed by atoms with Gasteiger partial charge in [0.05, 0.1) is 17.1 Å². The van der Waals surface area contributed by atoms with Gasteiger partial charge in [-0.15, -0.1) is 0 Å². The smallest absolute Gasteiger partial charge is 0.276 e. The Morgan fingerprint density at radius 3 is 2.40 bits per heavy atom. The van der Waals surface area contributed by atoms with Crippen molar-refractivity contribution in [1.82, 2.24) is 4.98 Å². The van der Waals surface area contributed by atoms with Crippen molar-refractivity contribution in [3.8, 4) is 0 Å². The van der Waals surface area contributed by atoms with Crippen LogP contribution in [0.5, 0.6) is 0 Å². The normalized spacial score (nSPS) is 18.1.